The Morgan fingerprint density at radius 3 is 2.12 bits per heavy atom. The number of hydrogen-bond acceptors (Lipinski definition) is 2. The fourth-order valence-electron chi connectivity index (χ4n) is 1.47. The second-order valence-electron chi connectivity index (χ2n) is 4.76. The highest BCUT2D eigenvalue weighted by atomic mass is 35.6. The molecule has 6 heteroatoms. The molecular formula is C10H16Cl3N3. The smallest absolute Gasteiger partial charge is 0.234 e. The van der Waals surface area contributed by atoms with Crippen LogP contribution in [-0.4, -0.2) is 15.0 Å². The van der Waals surface area contributed by atoms with Crippen LogP contribution in [0.25, 0.3) is 0 Å². The zero-order chi connectivity index (χ0) is 12.6. The van der Waals surface area contributed by atoms with Crippen LogP contribution in [-0.2, 0) is 15.8 Å². The lowest BCUT2D eigenvalue weighted by Crippen LogP contribution is -2.20. The quantitative estimate of drug-likeness (QED) is 0.773. The number of aromatic nitrogens is 3. The third-order valence-electron chi connectivity index (χ3n) is 2.15. The average Bonchev–Trinajstić information content (AvgIpc) is 2.46. The first-order chi connectivity index (χ1) is 7.18. The van der Waals surface area contributed by atoms with E-state index in [1.54, 1.807) is 4.68 Å². The molecule has 0 saturated carbocycles. The molecule has 1 heterocycles. The summed E-state index contributed by atoms with van der Waals surface area (Å²) in [6.45, 7) is 8.81. The average molecular weight is 285 g/mol. The van der Waals surface area contributed by atoms with Crippen LogP contribution in [0.4, 0.5) is 0 Å². The molecule has 1 rings (SSSR count). The number of aryl methyl sites for hydroxylation is 1. The molecule has 0 unspecified atom stereocenters. The standard InChI is InChI=1S/C10H16Cl3N3/c1-5-6-16-8(10(11,12)13)7(14-15-16)9(2,3)4/h5-6H2,1-4H3. The third-order valence-corrected chi connectivity index (χ3v) is 2.69. The summed E-state index contributed by atoms with van der Waals surface area (Å²) >= 11 is 17.9. The summed E-state index contributed by atoms with van der Waals surface area (Å²) in [5, 5.41) is 8.18. The van der Waals surface area contributed by atoms with Gasteiger partial charge in [0.2, 0.25) is 3.79 Å². The molecule has 1 aromatic heterocycles. The summed E-state index contributed by atoms with van der Waals surface area (Å²) in [6.07, 6.45) is 0.917. The lowest BCUT2D eigenvalue weighted by atomic mass is 9.91. The van der Waals surface area contributed by atoms with E-state index < -0.39 is 3.79 Å². The van der Waals surface area contributed by atoms with Gasteiger partial charge in [0.1, 0.15) is 5.69 Å². The maximum atomic E-state index is 5.98. The van der Waals surface area contributed by atoms with Crippen molar-refractivity contribution < 1.29 is 0 Å². The maximum Gasteiger partial charge on any atom is 0.234 e. The number of alkyl halides is 3. The summed E-state index contributed by atoms with van der Waals surface area (Å²) in [5.41, 5.74) is 1.12. The predicted octanol–water partition coefficient (Wildman–Crippen LogP) is 3.81. The number of hydrogen-bond donors (Lipinski definition) is 0. The van der Waals surface area contributed by atoms with Crippen molar-refractivity contribution in [1.82, 2.24) is 15.0 Å². The molecule has 0 aliphatic carbocycles. The molecule has 16 heavy (non-hydrogen) atoms. The summed E-state index contributed by atoms with van der Waals surface area (Å²) in [5.74, 6) is 0. The predicted molar refractivity (Wildman–Crippen MR) is 68.3 cm³/mol. The normalized spacial score (nSPS) is 13.2. The van der Waals surface area contributed by atoms with E-state index in [2.05, 4.69) is 10.3 Å². The molecule has 0 aliphatic heterocycles. The van der Waals surface area contributed by atoms with E-state index in [0.717, 1.165) is 12.1 Å². The van der Waals surface area contributed by atoms with Crippen LogP contribution in [0.2, 0.25) is 0 Å². The second-order valence-corrected chi connectivity index (χ2v) is 7.04. The van der Waals surface area contributed by atoms with E-state index in [-0.39, 0.29) is 5.41 Å². The van der Waals surface area contributed by atoms with E-state index in [9.17, 15) is 0 Å². The fraction of sp³-hybridized carbons (Fsp3) is 0.800. The zero-order valence-electron chi connectivity index (χ0n) is 9.89. The van der Waals surface area contributed by atoms with Crippen molar-refractivity contribution in [3.8, 4) is 0 Å². The highest BCUT2D eigenvalue weighted by molar-refractivity contribution is 6.66. The number of rotatable bonds is 2. The summed E-state index contributed by atoms with van der Waals surface area (Å²) < 4.78 is 0.189. The van der Waals surface area contributed by atoms with Crippen molar-refractivity contribution in [1.29, 1.82) is 0 Å². The Hall–Kier alpha value is 0.01000. The van der Waals surface area contributed by atoms with E-state index in [4.69, 9.17) is 34.8 Å². The van der Waals surface area contributed by atoms with Gasteiger partial charge >= 0.3 is 0 Å². The SMILES string of the molecule is CCCn1nnc(C(C)(C)C)c1C(Cl)(Cl)Cl. The van der Waals surface area contributed by atoms with Crippen molar-refractivity contribution in [2.24, 2.45) is 0 Å². The minimum Gasteiger partial charge on any atom is -0.245 e. The highest BCUT2D eigenvalue weighted by Gasteiger charge is 2.36. The Bertz CT molecular complexity index is 360. The summed E-state index contributed by atoms with van der Waals surface area (Å²) in [6, 6.07) is 0. The number of halogens is 3. The first-order valence-electron chi connectivity index (χ1n) is 5.19. The zero-order valence-corrected chi connectivity index (χ0v) is 12.2. The Labute approximate surface area is 111 Å². The van der Waals surface area contributed by atoms with E-state index >= 15 is 0 Å². The van der Waals surface area contributed by atoms with Crippen molar-refractivity contribution >= 4 is 34.8 Å². The van der Waals surface area contributed by atoms with Gasteiger partial charge in [0.25, 0.3) is 0 Å². The van der Waals surface area contributed by atoms with Gasteiger partial charge in [-0.05, 0) is 6.42 Å². The van der Waals surface area contributed by atoms with Gasteiger partial charge < -0.3 is 0 Å². The lowest BCUT2D eigenvalue weighted by Gasteiger charge is -2.21. The summed E-state index contributed by atoms with van der Waals surface area (Å²) in [4.78, 5) is 0. The molecule has 0 fully saturated rings. The maximum absolute atomic E-state index is 5.98. The van der Waals surface area contributed by atoms with Gasteiger partial charge in [-0.25, -0.2) is 4.68 Å². The largest absolute Gasteiger partial charge is 0.245 e. The molecule has 3 nitrogen and oxygen atoms in total. The highest BCUT2D eigenvalue weighted by Crippen LogP contribution is 2.42. The van der Waals surface area contributed by atoms with Crippen LogP contribution in [0, 0.1) is 0 Å². The van der Waals surface area contributed by atoms with Gasteiger partial charge in [0.05, 0.1) is 5.69 Å². The molecule has 1 aromatic rings. The minimum atomic E-state index is -1.48. The third kappa shape index (κ3) is 3.02. The number of nitrogens with zero attached hydrogens (tertiary/aromatic N) is 3. The van der Waals surface area contributed by atoms with Gasteiger partial charge in [-0.2, -0.15) is 0 Å². The fourth-order valence-corrected chi connectivity index (χ4v) is 2.03. The van der Waals surface area contributed by atoms with Gasteiger partial charge in [-0.1, -0.05) is 67.7 Å². The van der Waals surface area contributed by atoms with E-state index in [0.29, 0.717) is 12.2 Å². The molecule has 0 aliphatic rings. The Morgan fingerprint density at radius 1 is 1.19 bits per heavy atom. The molecule has 0 amide bonds. The van der Waals surface area contributed by atoms with Crippen molar-refractivity contribution in [2.75, 3.05) is 0 Å². The van der Waals surface area contributed by atoms with Crippen LogP contribution in [0.15, 0.2) is 0 Å². The van der Waals surface area contributed by atoms with E-state index in [1.165, 1.54) is 0 Å². The van der Waals surface area contributed by atoms with Crippen LogP contribution in [0.3, 0.4) is 0 Å². The molecule has 0 saturated heterocycles. The van der Waals surface area contributed by atoms with Crippen molar-refractivity contribution in [3.05, 3.63) is 11.4 Å². The molecule has 0 atom stereocenters. The second kappa shape index (κ2) is 4.71. The monoisotopic (exact) mass is 283 g/mol. The molecule has 92 valence electrons. The molecule has 0 spiro atoms. The van der Waals surface area contributed by atoms with Gasteiger partial charge in [-0.15, -0.1) is 5.10 Å². The van der Waals surface area contributed by atoms with Crippen molar-refractivity contribution in [3.63, 3.8) is 0 Å². The Morgan fingerprint density at radius 2 is 1.75 bits per heavy atom. The topological polar surface area (TPSA) is 30.7 Å². The van der Waals surface area contributed by atoms with Crippen LogP contribution in [0.5, 0.6) is 0 Å². The van der Waals surface area contributed by atoms with Crippen LogP contribution in [0.1, 0.15) is 45.5 Å². The lowest BCUT2D eigenvalue weighted by molar-refractivity contribution is 0.554. The van der Waals surface area contributed by atoms with Crippen LogP contribution >= 0.6 is 34.8 Å². The van der Waals surface area contributed by atoms with Gasteiger partial charge in [0, 0.05) is 12.0 Å². The van der Waals surface area contributed by atoms with Crippen LogP contribution < -0.4 is 0 Å². The summed E-state index contributed by atoms with van der Waals surface area (Å²) in [7, 11) is 0. The Kier molecular flexibility index (Phi) is 4.14. The van der Waals surface area contributed by atoms with E-state index in [1.807, 2.05) is 27.7 Å². The molecule has 0 bridgehead atoms. The Balaban J connectivity index is 3.31. The van der Waals surface area contributed by atoms with Crippen molar-refractivity contribution in [2.45, 2.75) is 49.9 Å². The first kappa shape index (κ1) is 14.1. The molecule has 0 N–H and O–H groups in total. The first-order valence-corrected chi connectivity index (χ1v) is 6.32. The molecule has 0 aromatic carbocycles. The minimum absolute atomic E-state index is 0.189. The molecular weight excluding hydrogens is 268 g/mol. The van der Waals surface area contributed by atoms with Gasteiger partial charge in [0.15, 0.2) is 0 Å². The molecule has 0 radical (unpaired) electrons. The van der Waals surface area contributed by atoms with Gasteiger partial charge in [-0.3, -0.25) is 0 Å².